The lowest BCUT2D eigenvalue weighted by Gasteiger charge is -2.34. The van der Waals surface area contributed by atoms with Crippen LogP contribution in [0.15, 0.2) is 66.5 Å². The summed E-state index contributed by atoms with van der Waals surface area (Å²) in [5, 5.41) is 15.4. The van der Waals surface area contributed by atoms with E-state index in [2.05, 4.69) is 20.9 Å². The van der Waals surface area contributed by atoms with Crippen LogP contribution in [0.5, 0.6) is 11.5 Å². The number of carbonyl (C=O) groups is 1. The molecule has 4 aromatic rings. The summed E-state index contributed by atoms with van der Waals surface area (Å²) in [7, 11) is 4.05. The first-order valence-electron chi connectivity index (χ1n) is 15.4. The SMILES string of the molecule is CN(C)CC1(/C=C(\C#N)C(=O)N2CCC[C@H](n3nc(-c4ccc(Oc5ccccc5)cc4F)c4c(N)ncnc43)C2)CCCC1. The molecule has 1 saturated heterocycles. The second-order valence-electron chi connectivity index (χ2n) is 12.3. The van der Waals surface area contributed by atoms with Gasteiger partial charge in [0.05, 0.1) is 11.4 Å². The Bertz CT molecular complexity index is 1770. The van der Waals surface area contributed by atoms with E-state index in [9.17, 15) is 10.1 Å². The first-order valence-corrected chi connectivity index (χ1v) is 15.4. The Morgan fingerprint density at radius 1 is 1.16 bits per heavy atom. The molecule has 2 aromatic heterocycles. The second kappa shape index (κ2) is 12.7. The van der Waals surface area contributed by atoms with Crippen molar-refractivity contribution in [1.29, 1.82) is 5.26 Å². The summed E-state index contributed by atoms with van der Waals surface area (Å²) in [6, 6.07) is 15.7. The van der Waals surface area contributed by atoms with E-state index in [0.29, 0.717) is 41.3 Å². The van der Waals surface area contributed by atoms with Crippen LogP contribution >= 0.6 is 0 Å². The van der Waals surface area contributed by atoms with Crippen molar-refractivity contribution < 1.29 is 13.9 Å². The number of nitrogens with zero attached hydrogens (tertiary/aromatic N) is 7. The minimum Gasteiger partial charge on any atom is -0.457 e. The highest BCUT2D eigenvalue weighted by molar-refractivity contribution is 5.99. The highest BCUT2D eigenvalue weighted by Crippen LogP contribution is 2.41. The van der Waals surface area contributed by atoms with Gasteiger partial charge in [-0.05, 0) is 64.0 Å². The number of para-hydroxylation sites is 1. The average Bonchev–Trinajstić information content (AvgIpc) is 3.65. The summed E-state index contributed by atoms with van der Waals surface area (Å²) in [5.74, 6) is 0.340. The molecule has 1 saturated carbocycles. The molecule has 0 unspecified atom stereocenters. The largest absolute Gasteiger partial charge is 0.457 e. The molecule has 3 heterocycles. The lowest BCUT2D eigenvalue weighted by atomic mass is 9.83. The van der Waals surface area contributed by atoms with Gasteiger partial charge >= 0.3 is 0 Å². The maximum atomic E-state index is 15.6. The Hall–Kier alpha value is -4.82. The van der Waals surface area contributed by atoms with Crippen LogP contribution in [-0.2, 0) is 4.79 Å². The Labute approximate surface area is 261 Å². The number of anilines is 1. The Balaban J connectivity index is 1.30. The zero-order chi connectivity index (χ0) is 31.6. The Kier molecular flexibility index (Phi) is 8.50. The maximum absolute atomic E-state index is 15.6. The third-order valence-corrected chi connectivity index (χ3v) is 8.75. The molecule has 2 aromatic carbocycles. The molecule has 1 aliphatic heterocycles. The quantitative estimate of drug-likeness (QED) is 0.198. The van der Waals surface area contributed by atoms with Crippen LogP contribution in [0.2, 0.25) is 0 Å². The zero-order valence-electron chi connectivity index (χ0n) is 25.6. The molecule has 0 spiro atoms. The van der Waals surface area contributed by atoms with Gasteiger partial charge in [0, 0.05) is 36.7 Å². The lowest BCUT2D eigenvalue weighted by molar-refractivity contribution is -0.128. The molecule has 6 rings (SSSR count). The van der Waals surface area contributed by atoms with E-state index in [1.807, 2.05) is 38.4 Å². The summed E-state index contributed by atoms with van der Waals surface area (Å²) in [6.07, 6.45) is 8.84. The van der Waals surface area contributed by atoms with Gasteiger partial charge in [0.25, 0.3) is 5.91 Å². The normalized spacial score (nSPS) is 18.3. The molecule has 1 aliphatic carbocycles. The number of hydrogen-bond acceptors (Lipinski definition) is 8. The number of piperidine rings is 1. The number of nitrogens with two attached hydrogens (primary N) is 1. The van der Waals surface area contributed by atoms with Gasteiger partial charge in [0.1, 0.15) is 46.8 Å². The van der Waals surface area contributed by atoms with Gasteiger partial charge in [-0.2, -0.15) is 10.4 Å². The number of amides is 1. The van der Waals surface area contributed by atoms with Gasteiger partial charge in [-0.15, -0.1) is 0 Å². The molecule has 10 nitrogen and oxygen atoms in total. The number of ether oxygens (including phenoxy) is 1. The van der Waals surface area contributed by atoms with Crippen molar-refractivity contribution >= 4 is 22.8 Å². The van der Waals surface area contributed by atoms with Gasteiger partial charge in [-0.3, -0.25) is 4.79 Å². The predicted molar refractivity (Wildman–Crippen MR) is 170 cm³/mol. The molecular weight excluding hydrogens is 571 g/mol. The molecule has 1 amide bonds. The highest BCUT2D eigenvalue weighted by atomic mass is 19.1. The minimum atomic E-state index is -0.527. The number of nitriles is 1. The summed E-state index contributed by atoms with van der Waals surface area (Å²) in [5.41, 5.74) is 7.35. The first-order chi connectivity index (χ1) is 21.8. The number of nitrogen functional groups attached to an aromatic ring is 1. The Morgan fingerprint density at radius 2 is 1.93 bits per heavy atom. The number of aromatic nitrogens is 4. The van der Waals surface area contributed by atoms with E-state index < -0.39 is 5.82 Å². The third-order valence-electron chi connectivity index (χ3n) is 8.75. The molecule has 2 N–H and O–H groups in total. The van der Waals surface area contributed by atoms with Crippen molar-refractivity contribution in [3.05, 3.63) is 72.3 Å². The van der Waals surface area contributed by atoms with Gasteiger partial charge < -0.3 is 20.3 Å². The van der Waals surface area contributed by atoms with Crippen LogP contribution < -0.4 is 10.5 Å². The van der Waals surface area contributed by atoms with Crippen molar-refractivity contribution in [3.8, 4) is 28.8 Å². The van der Waals surface area contributed by atoms with E-state index >= 15 is 4.39 Å². The van der Waals surface area contributed by atoms with Crippen molar-refractivity contribution in [2.75, 3.05) is 39.5 Å². The summed E-state index contributed by atoms with van der Waals surface area (Å²) in [6.45, 7) is 1.67. The lowest BCUT2D eigenvalue weighted by Crippen LogP contribution is -2.42. The smallest absolute Gasteiger partial charge is 0.264 e. The van der Waals surface area contributed by atoms with Gasteiger partial charge in [0.2, 0.25) is 0 Å². The molecule has 0 radical (unpaired) electrons. The van der Waals surface area contributed by atoms with E-state index in [0.717, 1.165) is 45.1 Å². The minimum absolute atomic E-state index is 0.174. The van der Waals surface area contributed by atoms with Crippen molar-refractivity contribution in [3.63, 3.8) is 0 Å². The summed E-state index contributed by atoms with van der Waals surface area (Å²) >= 11 is 0. The molecule has 232 valence electrons. The molecule has 2 fully saturated rings. The number of carbonyl (C=O) groups excluding carboxylic acids is 1. The van der Waals surface area contributed by atoms with Crippen molar-refractivity contribution in [1.82, 2.24) is 29.5 Å². The molecular formula is C34H37FN8O2. The standard InChI is InChI=1S/C34H37FN8O2/c1-41(2)21-34(14-6-7-15-34)18-23(19-36)33(44)42-16-8-9-24(20-42)43-32-29(31(37)38-22-39-32)30(40-43)27-13-12-26(17-28(27)35)45-25-10-4-3-5-11-25/h3-5,10-13,17-18,22,24H,6-9,14-16,20-21H2,1-2H3,(H2,37,38,39)/b23-18+/t24-/m0/s1. The topological polar surface area (TPSA) is 126 Å². The average molecular weight is 609 g/mol. The fourth-order valence-corrected chi connectivity index (χ4v) is 6.83. The van der Waals surface area contributed by atoms with E-state index in [-0.39, 0.29) is 34.3 Å². The van der Waals surface area contributed by atoms with Gasteiger partial charge in [0.15, 0.2) is 5.65 Å². The highest BCUT2D eigenvalue weighted by Gasteiger charge is 2.36. The van der Waals surface area contributed by atoms with E-state index in [4.69, 9.17) is 15.6 Å². The molecule has 0 bridgehead atoms. The Morgan fingerprint density at radius 3 is 2.64 bits per heavy atom. The van der Waals surface area contributed by atoms with Crippen LogP contribution in [0.3, 0.4) is 0 Å². The second-order valence-corrected chi connectivity index (χ2v) is 12.3. The monoisotopic (exact) mass is 608 g/mol. The van der Waals surface area contributed by atoms with Gasteiger partial charge in [-0.1, -0.05) is 37.1 Å². The molecule has 1 atom stereocenters. The van der Waals surface area contributed by atoms with Crippen LogP contribution in [0.4, 0.5) is 10.2 Å². The van der Waals surface area contributed by atoms with E-state index in [1.54, 1.807) is 33.8 Å². The summed E-state index contributed by atoms with van der Waals surface area (Å²) in [4.78, 5) is 26.3. The number of rotatable bonds is 8. The number of likely N-dealkylation sites (tertiary alicyclic amines) is 1. The third kappa shape index (κ3) is 6.24. The van der Waals surface area contributed by atoms with E-state index in [1.165, 1.54) is 12.4 Å². The van der Waals surface area contributed by atoms with Crippen molar-refractivity contribution in [2.45, 2.75) is 44.6 Å². The first kappa shape index (κ1) is 30.2. The number of benzene rings is 2. The van der Waals surface area contributed by atoms with Crippen LogP contribution in [0.1, 0.15) is 44.6 Å². The van der Waals surface area contributed by atoms with Crippen LogP contribution in [0, 0.1) is 22.6 Å². The number of halogens is 1. The van der Waals surface area contributed by atoms with Crippen LogP contribution in [0.25, 0.3) is 22.3 Å². The maximum Gasteiger partial charge on any atom is 0.264 e. The fourth-order valence-electron chi connectivity index (χ4n) is 6.83. The number of hydrogen-bond donors (Lipinski definition) is 1. The van der Waals surface area contributed by atoms with Crippen molar-refractivity contribution in [2.24, 2.45) is 5.41 Å². The summed E-state index contributed by atoms with van der Waals surface area (Å²) < 4.78 is 23.2. The molecule has 45 heavy (non-hydrogen) atoms. The van der Waals surface area contributed by atoms with Crippen LogP contribution in [-0.4, -0.2) is 69.2 Å². The number of fused-ring (bicyclic) bond motifs is 1. The van der Waals surface area contributed by atoms with Gasteiger partial charge in [-0.25, -0.2) is 19.0 Å². The molecule has 2 aliphatic rings. The molecule has 11 heteroatoms. The zero-order valence-corrected chi connectivity index (χ0v) is 25.6. The predicted octanol–water partition coefficient (Wildman–Crippen LogP) is 5.74. The fraction of sp³-hybridized carbons (Fsp3) is 0.382.